The predicted octanol–water partition coefficient (Wildman–Crippen LogP) is 1.46. The Morgan fingerprint density at radius 3 is 2.74 bits per heavy atom. The molecule has 1 heterocycles. The standard InChI is InChI=1S/C13H21N5O/c1-2-9-3-5-10(6-4-9)16-13(19)11-7-15-8-12(17-11)18-14/h7-10H,2-6,14H2,1H3,(H,16,19)(H,17,18). The van der Waals surface area contributed by atoms with Gasteiger partial charge in [-0.25, -0.2) is 10.8 Å². The molecule has 1 amide bonds. The number of hydrogen-bond acceptors (Lipinski definition) is 5. The summed E-state index contributed by atoms with van der Waals surface area (Å²) in [7, 11) is 0. The average Bonchev–Trinajstić information content (AvgIpc) is 2.48. The van der Waals surface area contributed by atoms with Gasteiger partial charge in [-0.1, -0.05) is 13.3 Å². The van der Waals surface area contributed by atoms with Crippen molar-refractivity contribution in [1.29, 1.82) is 0 Å². The Bertz CT molecular complexity index is 429. The van der Waals surface area contributed by atoms with Gasteiger partial charge in [0.05, 0.1) is 12.4 Å². The van der Waals surface area contributed by atoms with Crippen LogP contribution in [0, 0.1) is 5.92 Å². The van der Waals surface area contributed by atoms with Crippen LogP contribution in [-0.4, -0.2) is 21.9 Å². The summed E-state index contributed by atoms with van der Waals surface area (Å²) in [5, 5.41) is 3.02. The average molecular weight is 263 g/mol. The van der Waals surface area contributed by atoms with E-state index in [4.69, 9.17) is 5.84 Å². The second-order valence-electron chi connectivity index (χ2n) is 5.03. The highest BCUT2D eigenvalue weighted by molar-refractivity contribution is 5.92. The quantitative estimate of drug-likeness (QED) is 0.565. The van der Waals surface area contributed by atoms with Gasteiger partial charge >= 0.3 is 0 Å². The Morgan fingerprint density at radius 1 is 1.37 bits per heavy atom. The topological polar surface area (TPSA) is 92.9 Å². The molecule has 2 rings (SSSR count). The molecule has 0 aromatic carbocycles. The number of anilines is 1. The lowest BCUT2D eigenvalue weighted by Crippen LogP contribution is -2.38. The Labute approximate surface area is 113 Å². The molecule has 1 aromatic heterocycles. The summed E-state index contributed by atoms with van der Waals surface area (Å²) in [6, 6.07) is 0.256. The van der Waals surface area contributed by atoms with Gasteiger partial charge in [-0.05, 0) is 31.6 Å². The number of carbonyl (C=O) groups excluding carboxylic acids is 1. The van der Waals surface area contributed by atoms with Crippen molar-refractivity contribution < 1.29 is 4.79 Å². The van der Waals surface area contributed by atoms with E-state index in [0.29, 0.717) is 11.5 Å². The fourth-order valence-corrected chi connectivity index (χ4v) is 2.52. The highest BCUT2D eigenvalue weighted by Crippen LogP contribution is 2.26. The number of amides is 1. The van der Waals surface area contributed by atoms with Gasteiger partial charge in [-0.2, -0.15) is 0 Å². The van der Waals surface area contributed by atoms with Crippen molar-refractivity contribution in [3.63, 3.8) is 0 Å². The van der Waals surface area contributed by atoms with Crippen LogP contribution in [0.4, 0.5) is 5.82 Å². The Hall–Kier alpha value is -1.69. The number of nitrogens with one attached hydrogen (secondary N) is 2. The molecule has 1 aliphatic rings. The lowest BCUT2D eigenvalue weighted by Gasteiger charge is -2.28. The van der Waals surface area contributed by atoms with Crippen molar-refractivity contribution in [3.8, 4) is 0 Å². The summed E-state index contributed by atoms with van der Waals surface area (Å²) in [4.78, 5) is 20.1. The molecule has 0 unspecified atom stereocenters. The first kappa shape index (κ1) is 13.7. The molecule has 0 aliphatic heterocycles. The summed E-state index contributed by atoms with van der Waals surface area (Å²) in [6.45, 7) is 2.23. The first-order chi connectivity index (χ1) is 9.22. The Morgan fingerprint density at radius 2 is 2.11 bits per heavy atom. The largest absolute Gasteiger partial charge is 0.348 e. The predicted molar refractivity (Wildman–Crippen MR) is 73.3 cm³/mol. The maximum absolute atomic E-state index is 12.0. The maximum Gasteiger partial charge on any atom is 0.271 e. The van der Waals surface area contributed by atoms with Crippen LogP contribution >= 0.6 is 0 Å². The second kappa shape index (κ2) is 6.47. The zero-order chi connectivity index (χ0) is 13.7. The lowest BCUT2D eigenvalue weighted by molar-refractivity contribution is 0.0916. The van der Waals surface area contributed by atoms with Crippen molar-refractivity contribution in [3.05, 3.63) is 18.1 Å². The van der Waals surface area contributed by atoms with E-state index in [1.807, 2.05) is 0 Å². The van der Waals surface area contributed by atoms with Crippen molar-refractivity contribution in [1.82, 2.24) is 15.3 Å². The number of hydrogen-bond donors (Lipinski definition) is 3. The Balaban J connectivity index is 1.90. The third-order valence-electron chi connectivity index (χ3n) is 3.77. The van der Waals surface area contributed by atoms with Crippen LogP contribution in [-0.2, 0) is 0 Å². The molecular formula is C13H21N5O. The van der Waals surface area contributed by atoms with E-state index in [1.54, 1.807) is 0 Å². The Kier molecular flexibility index (Phi) is 4.68. The van der Waals surface area contributed by atoms with E-state index in [-0.39, 0.29) is 11.9 Å². The fourth-order valence-electron chi connectivity index (χ4n) is 2.52. The van der Waals surface area contributed by atoms with Gasteiger partial charge in [0, 0.05) is 6.04 Å². The van der Waals surface area contributed by atoms with Crippen LogP contribution in [0.5, 0.6) is 0 Å². The van der Waals surface area contributed by atoms with Crippen molar-refractivity contribution >= 4 is 11.7 Å². The maximum atomic E-state index is 12.0. The molecule has 4 N–H and O–H groups in total. The van der Waals surface area contributed by atoms with E-state index >= 15 is 0 Å². The molecule has 19 heavy (non-hydrogen) atoms. The number of nitrogen functional groups attached to an aromatic ring is 1. The van der Waals surface area contributed by atoms with Crippen molar-refractivity contribution in [2.45, 2.75) is 45.1 Å². The minimum Gasteiger partial charge on any atom is -0.348 e. The van der Waals surface area contributed by atoms with E-state index in [0.717, 1.165) is 18.8 Å². The smallest absolute Gasteiger partial charge is 0.271 e. The zero-order valence-corrected chi connectivity index (χ0v) is 11.2. The molecule has 0 spiro atoms. The fraction of sp³-hybridized carbons (Fsp3) is 0.615. The SMILES string of the molecule is CCC1CCC(NC(=O)c2cncc(NN)n2)CC1. The molecule has 0 atom stereocenters. The summed E-state index contributed by atoms with van der Waals surface area (Å²) >= 11 is 0. The summed E-state index contributed by atoms with van der Waals surface area (Å²) in [5.41, 5.74) is 2.68. The van der Waals surface area contributed by atoms with Gasteiger partial charge in [0.25, 0.3) is 5.91 Å². The molecule has 0 saturated heterocycles. The first-order valence-electron chi connectivity index (χ1n) is 6.82. The third-order valence-corrected chi connectivity index (χ3v) is 3.77. The van der Waals surface area contributed by atoms with Crippen LogP contribution in [0.3, 0.4) is 0 Å². The number of hydrazine groups is 1. The summed E-state index contributed by atoms with van der Waals surface area (Å²) in [6.07, 6.45) is 8.64. The molecule has 1 fully saturated rings. The molecule has 0 bridgehead atoms. The minimum absolute atomic E-state index is 0.176. The molecule has 6 nitrogen and oxygen atoms in total. The zero-order valence-electron chi connectivity index (χ0n) is 11.2. The van der Waals surface area contributed by atoms with Crippen molar-refractivity contribution in [2.75, 3.05) is 5.43 Å². The molecule has 104 valence electrons. The third kappa shape index (κ3) is 3.64. The number of aromatic nitrogens is 2. The van der Waals surface area contributed by atoms with Gasteiger partial charge in [0.2, 0.25) is 0 Å². The van der Waals surface area contributed by atoms with Gasteiger partial charge < -0.3 is 10.7 Å². The van der Waals surface area contributed by atoms with Crippen molar-refractivity contribution in [2.24, 2.45) is 11.8 Å². The number of carbonyl (C=O) groups is 1. The molecular weight excluding hydrogens is 242 g/mol. The van der Waals surface area contributed by atoms with Gasteiger partial charge in [0.15, 0.2) is 5.82 Å². The monoisotopic (exact) mass is 263 g/mol. The van der Waals surface area contributed by atoms with Crippen LogP contribution in [0.2, 0.25) is 0 Å². The summed E-state index contributed by atoms with van der Waals surface area (Å²) in [5.74, 6) is 6.28. The number of nitrogens with two attached hydrogens (primary N) is 1. The second-order valence-corrected chi connectivity index (χ2v) is 5.03. The lowest BCUT2D eigenvalue weighted by atomic mass is 9.84. The van der Waals surface area contributed by atoms with Crippen LogP contribution < -0.4 is 16.6 Å². The highest BCUT2D eigenvalue weighted by atomic mass is 16.1. The van der Waals surface area contributed by atoms with Gasteiger partial charge in [0.1, 0.15) is 5.69 Å². The molecule has 6 heteroatoms. The van der Waals surface area contributed by atoms with Crippen LogP contribution in [0.1, 0.15) is 49.5 Å². The van der Waals surface area contributed by atoms with E-state index in [9.17, 15) is 4.79 Å². The molecule has 0 radical (unpaired) electrons. The van der Waals surface area contributed by atoms with Crippen LogP contribution in [0.15, 0.2) is 12.4 Å². The number of nitrogens with zero attached hydrogens (tertiary/aromatic N) is 2. The first-order valence-corrected chi connectivity index (χ1v) is 6.82. The molecule has 1 aliphatic carbocycles. The van der Waals surface area contributed by atoms with Gasteiger partial charge in [-0.15, -0.1) is 0 Å². The minimum atomic E-state index is -0.176. The van der Waals surface area contributed by atoms with E-state index in [2.05, 4.69) is 27.6 Å². The highest BCUT2D eigenvalue weighted by Gasteiger charge is 2.22. The van der Waals surface area contributed by atoms with E-state index < -0.39 is 0 Å². The van der Waals surface area contributed by atoms with E-state index in [1.165, 1.54) is 31.7 Å². The number of rotatable bonds is 4. The molecule has 1 saturated carbocycles. The summed E-state index contributed by atoms with van der Waals surface area (Å²) < 4.78 is 0. The molecule has 1 aromatic rings. The van der Waals surface area contributed by atoms with Crippen LogP contribution in [0.25, 0.3) is 0 Å². The normalized spacial score (nSPS) is 22.8. The van der Waals surface area contributed by atoms with Gasteiger partial charge in [-0.3, -0.25) is 9.78 Å².